The van der Waals surface area contributed by atoms with Gasteiger partial charge >= 0.3 is 0 Å². The standard InChI is InChI=1S/C81H144O3S2/c1-9-14-18-22-26-30-34-38-42-46-50-54-58-64-80(6,65-59-55-51-47-43-39-35-31-27-23-19-15-10-2)74-62-68-85-78(74)72-70-77(83-8)73(71-76(72)82-7)79-75(63-69-86-79)81(84-13-5,66-60-56-52-48-44-40-36-32-28-24-20-16-11-3)67-61-57-53-49-45-41-37-33-29-25-21-17-12-4/h62-63,68-71H,9-61,64-67H2,1-8H3. The first-order valence-electron chi connectivity index (χ1n) is 38.4. The summed E-state index contributed by atoms with van der Waals surface area (Å²) in [5, 5.41) is 4.71. The summed E-state index contributed by atoms with van der Waals surface area (Å²) in [6, 6.07) is 9.61. The second kappa shape index (κ2) is 53.8. The molecule has 0 unspecified atom stereocenters. The van der Waals surface area contributed by atoms with Crippen molar-refractivity contribution in [2.45, 2.75) is 412 Å². The fraction of sp³-hybridized carbons (Fsp3) is 0.827. The summed E-state index contributed by atoms with van der Waals surface area (Å²) in [6.45, 7) is 14.9. The molecular formula is C81H144O3S2. The molecule has 0 spiro atoms. The predicted octanol–water partition coefficient (Wildman–Crippen LogP) is 29.6. The van der Waals surface area contributed by atoms with E-state index in [2.05, 4.69) is 76.6 Å². The number of hydrogen-bond acceptors (Lipinski definition) is 5. The van der Waals surface area contributed by atoms with Gasteiger partial charge in [0.1, 0.15) is 11.5 Å². The molecule has 0 aliphatic rings. The molecule has 5 heteroatoms. The minimum Gasteiger partial charge on any atom is -0.496 e. The minimum absolute atomic E-state index is 0.112. The van der Waals surface area contributed by atoms with Crippen LogP contribution in [-0.2, 0) is 15.8 Å². The average Bonchev–Trinajstić information content (AvgIpc) is 2.27. The van der Waals surface area contributed by atoms with Gasteiger partial charge in [-0.15, -0.1) is 22.7 Å². The van der Waals surface area contributed by atoms with Gasteiger partial charge in [0.05, 0.1) is 19.8 Å². The first kappa shape index (κ1) is 78.4. The summed E-state index contributed by atoms with van der Waals surface area (Å²) in [5.41, 5.74) is 5.03. The molecule has 498 valence electrons. The fourth-order valence-corrected chi connectivity index (χ4v) is 16.4. The molecule has 3 rings (SSSR count). The van der Waals surface area contributed by atoms with Crippen molar-refractivity contribution in [2.75, 3.05) is 20.8 Å². The summed E-state index contributed by atoms with van der Waals surface area (Å²) >= 11 is 3.78. The average molecular weight is 1230 g/mol. The van der Waals surface area contributed by atoms with Crippen LogP contribution >= 0.6 is 22.7 Å². The van der Waals surface area contributed by atoms with Crippen LogP contribution < -0.4 is 9.47 Å². The molecule has 86 heavy (non-hydrogen) atoms. The molecule has 0 fully saturated rings. The summed E-state index contributed by atoms with van der Waals surface area (Å²) in [6.07, 6.45) is 76.8. The van der Waals surface area contributed by atoms with E-state index in [1.165, 1.54) is 373 Å². The van der Waals surface area contributed by atoms with E-state index in [4.69, 9.17) is 14.2 Å². The third-order valence-corrected chi connectivity index (χ3v) is 21.8. The van der Waals surface area contributed by atoms with Crippen LogP contribution in [0.1, 0.15) is 412 Å². The second-order valence-electron chi connectivity index (χ2n) is 27.5. The first-order valence-corrected chi connectivity index (χ1v) is 40.2. The number of thiophene rings is 2. The first-order chi connectivity index (χ1) is 42.4. The van der Waals surface area contributed by atoms with Crippen LogP contribution in [0, 0.1) is 0 Å². The van der Waals surface area contributed by atoms with Crippen molar-refractivity contribution < 1.29 is 14.2 Å². The van der Waals surface area contributed by atoms with Gasteiger partial charge in [0, 0.05) is 33.1 Å². The van der Waals surface area contributed by atoms with Crippen molar-refractivity contribution in [1.82, 2.24) is 0 Å². The van der Waals surface area contributed by atoms with E-state index in [9.17, 15) is 0 Å². The number of methoxy groups -OCH3 is 2. The van der Waals surface area contributed by atoms with Crippen LogP contribution in [0.3, 0.4) is 0 Å². The summed E-state index contributed by atoms with van der Waals surface area (Å²) < 4.78 is 20.3. The zero-order valence-corrected chi connectivity index (χ0v) is 60.4. The molecule has 0 saturated heterocycles. The Kier molecular flexibility index (Phi) is 49.1. The Labute approximate surface area is 545 Å². The molecule has 3 aromatic rings. The topological polar surface area (TPSA) is 27.7 Å². The van der Waals surface area contributed by atoms with Crippen LogP contribution in [0.5, 0.6) is 11.5 Å². The summed E-state index contributed by atoms with van der Waals surface area (Å²) in [4.78, 5) is 2.67. The third-order valence-electron chi connectivity index (χ3n) is 19.9. The van der Waals surface area contributed by atoms with E-state index in [-0.39, 0.29) is 11.0 Å². The Morgan fingerprint density at radius 3 is 0.791 bits per heavy atom. The van der Waals surface area contributed by atoms with Gasteiger partial charge in [-0.2, -0.15) is 0 Å². The van der Waals surface area contributed by atoms with Crippen molar-refractivity contribution in [3.63, 3.8) is 0 Å². The lowest BCUT2D eigenvalue weighted by atomic mass is 9.73. The number of ether oxygens (including phenoxy) is 3. The van der Waals surface area contributed by atoms with Gasteiger partial charge in [-0.05, 0) is 78.6 Å². The molecule has 1 aromatic carbocycles. The second-order valence-corrected chi connectivity index (χ2v) is 29.4. The molecule has 0 amide bonds. The van der Waals surface area contributed by atoms with Gasteiger partial charge in [-0.25, -0.2) is 0 Å². The maximum Gasteiger partial charge on any atom is 0.128 e. The number of unbranched alkanes of at least 4 members (excludes halogenated alkanes) is 48. The van der Waals surface area contributed by atoms with Gasteiger partial charge < -0.3 is 14.2 Å². The zero-order valence-electron chi connectivity index (χ0n) is 58.8. The van der Waals surface area contributed by atoms with E-state index in [1.54, 1.807) is 0 Å². The highest BCUT2D eigenvalue weighted by atomic mass is 32.1. The van der Waals surface area contributed by atoms with Gasteiger partial charge in [-0.1, -0.05) is 369 Å². The van der Waals surface area contributed by atoms with Gasteiger partial charge in [0.15, 0.2) is 0 Å². The van der Waals surface area contributed by atoms with E-state index in [0.717, 1.165) is 36.5 Å². The number of hydrogen-bond donors (Lipinski definition) is 0. The maximum absolute atomic E-state index is 7.23. The normalized spacial score (nSPS) is 12.1. The number of rotatable bonds is 64. The Balaban J connectivity index is 1.82. The summed E-state index contributed by atoms with van der Waals surface area (Å²) in [7, 11) is 3.79. The molecule has 0 atom stereocenters. The molecule has 0 N–H and O–H groups in total. The van der Waals surface area contributed by atoms with Crippen molar-refractivity contribution in [3.8, 4) is 32.4 Å². The summed E-state index contributed by atoms with van der Waals surface area (Å²) in [5.74, 6) is 1.91. The highest BCUT2D eigenvalue weighted by molar-refractivity contribution is 7.14. The lowest BCUT2D eigenvalue weighted by Gasteiger charge is -2.35. The van der Waals surface area contributed by atoms with E-state index in [0.29, 0.717) is 0 Å². The third kappa shape index (κ3) is 34.0. The Morgan fingerprint density at radius 1 is 0.302 bits per heavy atom. The van der Waals surface area contributed by atoms with E-state index < -0.39 is 0 Å². The molecule has 0 radical (unpaired) electrons. The Bertz CT molecular complexity index is 1880. The van der Waals surface area contributed by atoms with Gasteiger partial charge in [0.25, 0.3) is 0 Å². The molecule has 0 saturated carbocycles. The maximum atomic E-state index is 7.23. The molecule has 0 aliphatic carbocycles. The Morgan fingerprint density at radius 2 is 0.535 bits per heavy atom. The van der Waals surface area contributed by atoms with Crippen LogP contribution in [0.2, 0.25) is 0 Å². The van der Waals surface area contributed by atoms with Crippen LogP contribution in [0.25, 0.3) is 20.9 Å². The largest absolute Gasteiger partial charge is 0.496 e. The van der Waals surface area contributed by atoms with Crippen LogP contribution in [0.4, 0.5) is 0 Å². The van der Waals surface area contributed by atoms with Crippen molar-refractivity contribution >= 4 is 22.7 Å². The van der Waals surface area contributed by atoms with Crippen molar-refractivity contribution in [1.29, 1.82) is 0 Å². The fourth-order valence-electron chi connectivity index (χ4n) is 14.3. The lowest BCUT2D eigenvalue weighted by molar-refractivity contribution is -0.0600. The highest BCUT2D eigenvalue weighted by Crippen LogP contribution is 2.52. The number of benzene rings is 1. The van der Waals surface area contributed by atoms with Crippen LogP contribution in [-0.4, -0.2) is 20.8 Å². The quantitative estimate of drug-likeness (QED) is 0.0527. The molecule has 2 heterocycles. The molecule has 0 aliphatic heterocycles. The molecule has 3 nitrogen and oxygen atoms in total. The van der Waals surface area contributed by atoms with E-state index in [1.807, 2.05) is 36.9 Å². The minimum atomic E-state index is -0.319. The highest BCUT2D eigenvalue weighted by Gasteiger charge is 2.37. The smallest absolute Gasteiger partial charge is 0.128 e. The van der Waals surface area contributed by atoms with E-state index >= 15 is 0 Å². The molecule has 0 bridgehead atoms. The van der Waals surface area contributed by atoms with Gasteiger partial charge in [0.2, 0.25) is 0 Å². The lowest BCUT2D eigenvalue weighted by Crippen LogP contribution is -2.30. The van der Waals surface area contributed by atoms with Crippen molar-refractivity contribution in [3.05, 3.63) is 46.2 Å². The predicted molar refractivity (Wildman–Crippen MR) is 388 cm³/mol. The van der Waals surface area contributed by atoms with Crippen LogP contribution in [0.15, 0.2) is 35.0 Å². The molecular weight excluding hydrogens is 1090 g/mol. The monoisotopic (exact) mass is 1230 g/mol. The SMILES string of the molecule is CCCCCCCCCCCCCCCC(C)(CCCCCCCCCCCCCCC)c1ccsc1-c1cc(OC)c(-c2sccc2C(CCCCCCCCCCCCCCC)(CCCCCCCCCCCCCCC)OCC)cc1OC. The zero-order chi connectivity index (χ0) is 61.7. The Hall–Kier alpha value is -1.82. The van der Waals surface area contributed by atoms with Crippen molar-refractivity contribution in [2.24, 2.45) is 0 Å². The molecule has 2 aromatic heterocycles. The van der Waals surface area contributed by atoms with Gasteiger partial charge in [-0.3, -0.25) is 0 Å².